The second-order valence-electron chi connectivity index (χ2n) is 5.31. The minimum atomic E-state index is 0.734. The van der Waals surface area contributed by atoms with E-state index in [-0.39, 0.29) is 0 Å². The zero-order chi connectivity index (χ0) is 13.5. The van der Waals surface area contributed by atoms with E-state index >= 15 is 0 Å². The van der Waals surface area contributed by atoms with E-state index in [0.29, 0.717) is 0 Å². The molecule has 1 aliphatic rings. The van der Waals surface area contributed by atoms with E-state index in [2.05, 4.69) is 28.2 Å². The van der Waals surface area contributed by atoms with Crippen LogP contribution in [0.4, 0.5) is 5.69 Å². The molecule has 0 spiro atoms. The first kappa shape index (κ1) is 14.3. The van der Waals surface area contributed by atoms with Crippen LogP contribution in [0.3, 0.4) is 0 Å². The highest BCUT2D eigenvalue weighted by Gasteiger charge is 2.20. The number of rotatable bonds is 6. The maximum atomic E-state index is 5.06. The van der Waals surface area contributed by atoms with E-state index < -0.39 is 0 Å². The Balaban J connectivity index is 1.85. The van der Waals surface area contributed by atoms with Crippen molar-refractivity contribution in [2.45, 2.75) is 19.8 Å². The predicted octanol–water partition coefficient (Wildman–Crippen LogP) is 1.84. The second kappa shape index (κ2) is 7.46. The lowest BCUT2D eigenvalue weighted by Crippen LogP contribution is -2.40. The van der Waals surface area contributed by atoms with Crippen LogP contribution in [0.2, 0.25) is 0 Å². The molecule has 1 aromatic rings. The van der Waals surface area contributed by atoms with Crippen molar-refractivity contribution in [1.29, 1.82) is 0 Å². The first-order valence-corrected chi connectivity index (χ1v) is 7.16. The van der Waals surface area contributed by atoms with Crippen molar-refractivity contribution in [3.63, 3.8) is 0 Å². The molecule has 1 unspecified atom stereocenters. The van der Waals surface area contributed by atoms with Crippen molar-refractivity contribution in [2.75, 3.05) is 44.8 Å². The molecule has 1 N–H and O–H groups in total. The molecule has 4 heteroatoms. The monoisotopic (exact) mass is 263 g/mol. The van der Waals surface area contributed by atoms with E-state index in [1.807, 2.05) is 12.4 Å². The second-order valence-corrected chi connectivity index (χ2v) is 5.31. The van der Waals surface area contributed by atoms with Gasteiger partial charge in [-0.1, -0.05) is 0 Å². The SMILES string of the molecule is COCCNCC1CCCN(c2ccncc2C)C1. The maximum absolute atomic E-state index is 5.06. The molecule has 19 heavy (non-hydrogen) atoms. The summed E-state index contributed by atoms with van der Waals surface area (Å²) in [6, 6.07) is 2.13. The van der Waals surface area contributed by atoms with E-state index in [1.165, 1.54) is 30.6 Å². The number of ether oxygens (including phenoxy) is 1. The average Bonchev–Trinajstić information content (AvgIpc) is 2.44. The fraction of sp³-hybridized carbons (Fsp3) is 0.667. The van der Waals surface area contributed by atoms with Crippen LogP contribution in [0.15, 0.2) is 18.5 Å². The third-order valence-corrected chi connectivity index (χ3v) is 3.77. The normalized spacial score (nSPS) is 19.7. The molecular formula is C15H25N3O. The van der Waals surface area contributed by atoms with Gasteiger partial charge in [0.25, 0.3) is 0 Å². The molecule has 1 aliphatic heterocycles. The van der Waals surface area contributed by atoms with Crippen LogP contribution in [0, 0.1) is 12.8 Å². The lowest BCUT2D eigenvalue weighted by Gasteiger charge is -2.35. The Morgan fingerprint density at radius 2 is 2.42 bits per heavy atom. The molecule has 2 rings (SSSR count). The van der Waals surface area contributed by atoms with Gasteiger partial charge in [0.2, 0.25) is 0 Å². The largest absolute Gasteiger partial charge is 0.383 e. The van der Waals surface area contributed by atoms with Crippen molar-refractivity contribution in [2.24, 2.45) is 5.92 Å². The summed E-state index contributed by atoms with van der Waals surface area (Å²) in [4.78, 5) is 6.68. The average molecular weight is 263 g/mol. The van der Waals surface area contributed by atoms with Crippen LogP contribution in [-0.4, -0.2) is 44.9 Å². The highest BCUT2D eigenvalue weighted by Crippen LogP contribution is 2.24. The number of anilines is 1. The van der Waals surface area contributed by atoms with Gasteiger partial charge in [-0.2, -0.15) is 0 Å². The van der Waals surface area contributed by atoms with Gasteiger partial charge in [-0.15, -0.1) is 0 Å². The number of nitrogens with one attached hydrogen (secondary N) is 1. The molecule has 4 nitrogen and oxygen atoms in total. The molecule has 0 amide bonds. The van der Waals surface area contributed by atoms with Crippen LogP contribution in [0.1, 0.15) is 18.4 Å². The van der Waals surface area contributed by atoms with E-state index in [9.17, 15) is 0 Å². The van der Waals surface area contributed by atoms with Gasteiger partial charge >= 0.3 is 0 Å². The summed E-state index contributed by atoms with van der Waals surface area (Å²) in [6.07, 6.45) is 6.44. The van der Waals surface area contributed by atoms with Gasteiger partial charge in [-0.3, -0.25) is 4.98 Å². The molecule has 1 saturated heterocycles. The first-order valence-electron chi connectivity index (χ1n) is 7.16. The summed E-state index contributed by atoms with van der Waals surface area (Å²) in [5, 5.41) is 3.48. The van der Waals surface area contributed by atoms with Crippen molar-refractivity contribution < 1.29 is 4.74 Å². The highest BCUT2D eigenvalue weighted by molar-refractivity contribution is 5.51. The van der Waals surface area contributed by atoms with Crippen LogP contribution < -0.4 is 10.2 Å². The molecular weight excluding hydrogens is 238 g/mol. The van der Waals surface area contributed by atoms with Crippen molar-refractivity contribution in [3.8, 4) is 0 Å². The minimum Gasteiger partial charge on any atom is -0.383 e. The highest BCUT2D eigenvalue weighted by atomic mass is 16.5. The Morgan fingerprint density at radius 1 is 1.53 bits per heavy atom. The van der Waals surface area contributed by atoms with Crippen molar-refractivity contribution >= 4 is 5.69 Å². The number of aryl methyl sites for hydroxylation is 1. The van der Waals surface area contributed by atoms with Gasteiger partial charge in [0.15, 0.2) is 0 Å². The third-order valence-electron chi connectivity index (χ3n) is 3.77. The number of hydrogen-bond donors (Lipinski definition) is 1. The van der Waals surface area contributed by atoms with Gasteiger partial charge in [0.05, 0.1) is 6.61 Å². The molecule has 0 aliphatic carbocycles. The zero-order valence-electron chi connectivity index (χ0n) is 12.1. The molecule has 0 aromatic carbocycles. The molecule has 0 bridgehead atoms. The van der Waals surface area contributed by atoms with Crippen molar-refractivity contribution in [1.82, 2.24) is 10.3 Å². The summed E-state index contributed by atoms with van der Waals surface area (Å²) < 4.78 is 5.06. The Labute approximate surface area is 116 Å². The first-order chi connectivity index (χ1) is 9.31. The Morgan fingerprint density at radius 3 is 3.21 bits per heavy atom. The molecule has 106 valence electrons. The number of piperidine rings is 1. The quantitative estimate of drug-likeness (QED) is 0.795. The number of hydrogen-bond acceptors (Lipinski definition) is 4. The fourth-order valence-electron chi connectivity index (χ4n) is 2.75. The third kappa shape index (κ3) is 4.18. The topological polar surface area (TPSA) is 37.4 Å². The lowest BCUT2D eigenvalue weighted by atomic mass is 9.97. The van der Waals surface area contributed by atoms with E-state index in [1.54, 1.807) is 7.11 Å². The fourth-order valence-corrected chi connectivity index (χ4v) is 2.75. The molecule has 1 aromatic heterocycles. The number of nitrogens with zero attached hydrogens (tertiary/aromatic N) is 2. The van der Waals surface area contributed by atoms with Crippen LogP contribution in [0.25, 0.3) is 0 Å². The molecule has 1 fully saturated rings. The van der Waals surface area contributed by atoms with Crippen molar-refractivity contribution in [3.05, 3.63) is 24.0 Å². The van der Waals surface area contributed by atoms with Gasteiger partial charge in [-0.25, -0.2) is 0 Å². The zero-order valence-corrected chi connectivity index (χ0v) is 12.1. The van der Waals surface area contributed by atoms with E-state index in [0.717, 1.165) is 32.2 Å². The molecule has 0 saturated carbocycles. The number of methoxy groups -OCH3 is 1. The smallest absolute Gasteiger partial charge is 0.0587 e. The molecule has 2 heterocycles. The summed E-state index contributed by atoms with van der Waals surface area (Å²) in [6.45, 7) is 7.28. The van der Waals surface area contributed by atoms with Gasteiger partial charge in [0.1, 0.15) is 0 Å². The number of pyridine rings is 1. The minimum absolute atomic E-state index is 0.734. The van der Waals surface area contributed by atoms with Crippen LogP contribution in [-0.2, 0) is 4.74 Å². The van der Waals surface area contributed by atoms with Crippen LogP contribution >= 0.6 is 0 Å². The van der Waals surface area contributed by atoms with Gasteiger partial charge in [-0.05, 0) is 43.9 Å². The summed E-state index contributed by atoms with van der Waals surface area (Å²) >= 11 is 0. The standard InChI is InChI=1S/C15H25N3O/c1-13-10-16-6-5-15(13)18-8-3-4-14(12-18)11-17-7-9-19-2/h5-6,10,14,17H,3-4,7-9,11-12H2,1-2H3. The maximum Gasteiger partial charge on any atom is 0.0587 e. The van der Waals surface area contributed by atoms with Gasteiger partial charge in [0, 0.05) is 44.8 Å². The Hall–Kier alpha value is -1.13. The Kier molecular flexibility index (Phi) is 5.61. The predicted molar refractivity (Wildman–Crippen MR) is 78.7 cm³/mol. The number of aromatic nitrogens is 1. The van der Waals surface area contributed by atoms with Crippen LogP contribution in [0.5, 0.6) is 0 Å². The summed E-state index contributed by atoms with van der Waals surface area (Å²) in [5.74, 6) is 0.734. The Bertz CT molecular complexity index is 383. The molecule has 0 radical (unpaired) electrons. The van der Waals surface area contributed by atoms with Gasteiger partial charge < -0.3 is 15.0 Å². The van der Waals surface area contributed by atoms with E-state index in [4.69, 9.17) is 4.74 Å². The lowest BCUT2D eigenvalue weighted by molar-refractivity contribution is 0.197. The summed E-state index contributed by atoms with van der Waals surface area (Å²) in [7, 11) is 1.75. The molecule has 1 atom stereocenters. The summed E-state index contributed by atoms with van der Waals surface area (Å²) in [5.41, 5.74) is 2.62.